The van der Waals surface area contributed by atoms with Gasteiger partial charge >= 0.3 is 64.9 Å². The van der Waals surface area contributed by atoms with Crippen LogP contribution in [0.3, 0.4) is 0 Å². The van der Waals surface area contributed by atoms with Crippen LogP contribution in [-0.2, 0) is 4.92 Å². The normalized spacial score (nSPS) is 19.4. The molecule has 23 heavy (non-hydrogen) atoms. The minimum atomic E-state index is -0.278. The molecule has 0 fully saturated rings. The number of carbonyl (C=O) groups is 1. The Labute approximate surface area is 180 Å². The van der Waals surface area contributed by atoms with Crippen molar-refractivity contribution in [2.24, 2.45) is 5.92 Å². The monoisotopic (exact) mass is 709 g/mol. The van der Waals surface area contributed by atoms with Crippen molar-refractivity contribution in [1.82, 2.24) is 0 Å². The van der Waals surface area contributed by atoms with E-state index in [1.165, 1.54) is 16.7 Å². The molecule has 0 saturated carbocycles. The zero-order chi connectivity index (χ0) is 18.3. The summed E-state index contributed by atoms with van der Waals surface area (Å²) in [6, 6.07) is 0. The van der Waals surface area contributed by atoms with Crippen LogP contribution in [0.4, 0.5) is 5.69 Å². The third-order valence-corrected chi connectivity index (χ3v) is 6.14. The van der Waals surface area contributed by atoms with Crippen LogP contribution in [0.5, 0.6) is 0 Å². The number of Topliss-reactive ketones (excluding diaryl/α,β-unsaturated/α-hetero) is 1. The van der Waals surface area contributed by atoms with Crippen LogP contribution >= 0.6 is 69.3 Å². The van der Waals surface area contributed by atoms with Gasteiger partial charge in [0.1, 0.15) is 0 Å². The van der Waals surface area contributed by atoms with Crippen molar-refractivity contribution in [1.29, 1.82) is 0 Å². The predicted octanol–water partition coefficient (Wildman–Crippen LogP) is 6.78. The van der Waals surface area contributed by atoms with Crippen LogP contribution < -0.4 is 4.67 Å². The van der Waals surface area contributed by atoms with Gasteiger partial charge in [-0.15, -0.1) is 0 Å². The molecule has 1 heterocycles. The van der Waals surface area contributed by atoms with E-state index in [1.807, 2.05) is 6.92 Å². The van der Waals surface area contributed by atoms with E-state index in [9.17, 15) is 4.79 Å². The number of hydrogen-bond donors (Lipinski definition) is 0. The second-order valence-electron chi connectivity index (χ2n) is 6.52. The maximum atomic E-state index is 12.8. The first-order valence-electron chi connectivity index (χ1n) is 7.32. The second kappa shape index (κ2) is 8.72. The Morgan fingerprint density at radius 1 is 1.00 bits per heavy atom. The van der Waals surface area contributed by atoms with Gasteiger partial charge in [0.05, 0.1) is 5.69 Å². The van der Waals surface area contributed by atoms with E-state index < -0.39 is 0 Å². The molecule has 2 unspecified atom stereocenters. The summed E-state index contributed by atoms with van der Waals surface area (Å²) in [5, 5.41) is 0. The van der Waals surface area contributed by atoms with Gasteiger partial charge in [-0.1, -0.05) is 6.92 Å². The van der Waals surface area contributed by atoms with E-state index in [0.717, 1.165) is 16.8 Å². The van der Waals surface area contributed by atoms with Crippen molar-refractivity contribution in [2.45, 2.75) is 54.0 Å². The van der Waals surface area contributed by atoms with Gasteiger partial charge in [-0.05, 0) is 73.2 Å². The Bertz CT molecular complexity index is 632. The van der Waals surface area contributed by atoms with Crippen LogP contribution in [0.25, 0.3) is 0 Å². The Balaban J connectivity index is 0.000000593. The van der Waals surface area contributed by atoms with Crippen molar-refractivity contribution in [2.75, 3.05) is 4.67 Å². The number of hydrogen-bond acceptors (Lipinski definition) is 2. The van der Waals surface area contributed by atoms with Crippen LogP contribution in [0.15, 0.2) is 0 Å². The Kier molecular flexibility index (Phi) is 8.70. The van der Waals surface area contributed by atoms with Crippen LogP contribution in [-0.4, -0.2) is 11.3 Å². The molecule has 0 spiro atoms. The molecule has 7 heteroatoms. The van der Waals surface area contributed by atoms with Gasteiger partial charge in [0, 0.05) is 17.0 Å². The van der Waals surface area contributed by atoms with Crippen molar-refractivity contribution >= 4 is 80.8 Å². The van der Waals surface area contributed by atoms with E-state index in [0.29, 0.717) is 0 Å². The second-order valence-corrected chi connectivity index (χ2v) is 42.4. The number of ketones is 1. The molecule has 130 valence electrons. The summed E-state index contributed by atoms with van der Waals surface area (Å²) in [6.45, 7) is 14.8. The molecule has 2 atom stereocenters. The molecule has 2 rings (SSSR count). The molecule has 0 saturated heterocycles. The van der Waals surface area contributed by atoms with Crippen molar-refractivity contribution in [3.63, 3.8) is 0 Å². The average Bonchev–Trinajstić information content (AvgIpc) is 2.44. The van der Waals surface area contributed by atoms with E-state index in [1.54, 1.807) is 0 Å². The van der Waals surface area contributed by atoms with Gasteiger partial charge in [0.15, 0.2) is 5.78 Å². The van der Waals surface area contributed by atoms with Crippen molar-refractivity contribution < 1.29 is 9.72 Å². The van der Waals surface area contributed by atoms with E-state index in [4.69, 9.17) is 0 Å². The first-order chi connectivity index (χ1) is 10.4. The molecule has 0 radical (unpaired) electrons. The maximum absolute atomic E-state index is 12.8. The summed E-state index contributed by atoms with van der Waals surface area (Å²) in [5.41, 5.74) is 6.74. The average molecular weight is 709 g/mol. The van der Waals surface area contributed by atoms with Crippen LogP contribution in [0.2, 0.25) is 0 Å². The molecule has 0 N–H and O–H groups in total. The molecule has 1 aliphatic rings. The minimum absolute atomic E-state index is 0.00212. The molecule has 0 amide bonds. The molecule has 0 aromatic heterocycles. The molecule has 2 nitrogen and oxygen atoms in total. The summed E-state index contributed by atoms with van der Waals surface area (Å²) in [4.78, 5) is 12.5. The molecule has 1 aromatic carbocycles. The number of nitrogens with zero attached hydrogens (tertiary/aromatic N) is 1. The standard InChI is InChI=1S/C16H24NOP.3HI.V/c1-8-9(2)11(4)14-13(10(8)3)15(18)12(5)16(6,7)17(14)19;;;;/h12H,19H2,1-7H3;3*1H;/q;;;;+3/p-3. The number of halogens is 3. The zero-order valence-electron chi connectivity index (χ0n) is 14.6. The van der Waals surface area contributed by atoms with Gasteiger partial charge in [-0.3, -0.25) is 4.79 Å². The van der Waals surface area contributed by atoms with Gasteiger partial charge in [0.2, 0.25) is 0 Å². The molecule has 1 aliphatic heterocycles. The summed E-state index contributed by atoms with van der Waals surface area (Å²) < 4.78 is 2.21. The number of benzene rings is 1. The van der Waals surface area contributed by atoms with Gasteiger partial charge in [-0.2, -0.15) is 0 Å². The van der Waals surface area contributed by atoms with E-state index in [-0.39, 0.29) is 22.2 Å². The van der Waals surface area contributed by atoms with E-state index in [2.05, 4.69) is 116 Å². The molecule has 1 aromatic rings. The zero-order valence-corrected chi connectivity index (χ0v) is 23.6. The summed E-state index contributed by atoms with van der Waals surface area (Å²) in [6.07, 6.45) is 0. The van der Waals surface area contributed by atoms with Gasteiger partial charge in [-0.25, -0.2) is 0 Å². The first-order valence-corrected chi connectivity index (χ1v) is 21.4. The third kappa shape index (κ3) is 4.60. The number of fused-ring (bicyclic) bond motifs is 1. The Hall–Kier alpha value is 1.89. The molecule has 0 bridgehead atoms. The molecular weight excluding hydrogens is 685 g/mol. The van der Waals surface area contributed by atoms with Gasteiger partial charge < -0.3 is 4.67 Å². The number of carbonyl (C=O) groups excluding carboxylic acids is 1. The number of rotatable bonds is 0. The van der Waals surface area contributed by atoms with Crippen LogP contribution in [0, 0.1) is 33.6 Å². The van der Waals surface area contributed by atoms with Gasteiger partial charge in [0.25, 0.3) is 0 Å². The molecule has 0 aliphatic carbocycles. The molecular formula is C16H24I3NOPV. The fourth-order valence-electron chi connectivity index (χ4n) is 2.93. The first kappa shape index (κ1) is 22.9. The quantitative estimate of drug-likeness (QED) is 0.219. The number of anilines is 1. The van der Waals surface area contributed by atoms with Crippen molar-refractivity contribution in [3.05, 3.63) is 27.8 Å². The summed E-state index contributed by atoms with van der Waals surface area (Å²) in [7, 11) is 2.82. The Morgan fingerprint density at radius 3 is 1.83 bits per heavy atom. The van der Waals surface area contributed by atoms with E-state index >= 15 is 0 Å². The fraction of sp³-hybridized carbons (Fsp3) is 0.562. The summed E-state index contributed by atoms with van der Waals surface area (Å²) in [5.74, 6) is 0.278. The summed E-state index contributed by atoms with van der Waals surface area (Å²) >= 11 is 7.39. The third-order valence-electron chi connectivity index (χ3n) is 5.22. The topological polar surface area (TPSA) is 20.3 Å². The SMILES string of the molecule is Cc1c(C)c(C)c2c(c1C)C(=O)C(C)C(C)(C)N2P.[I][V]([I])[I]. The van der Waals surface area contributed by atoms with Crippen LogP contribution in [0.1, 0.15) is 53.4 Å². The Morgan fingerprint density at radius 2 is 1.39 bits per heavy atom. The predicted molar refractivity (Wildman–Crippen MR) is 127 cm³/mol. The fourth-order valence-corrected chi connectivity index (χ4v) is 3.48. The van der Waals surface area contributed by atoms with Crippen molar-refractivity contribution in [3.8, 4) is 0 Å².